The van der Waals surface area contributed by atoms with Crippen LogP contribution in [0.2, 0.25) is 0 Å². The van der Waals surface area contributed by atoms with Crippen LogP contribution in [0.4, 0.5) is 5.69 Å². The number of thioether (sulfide) groups is 1. The molecule has 0 N–H and O–H groups in total. The molecular weight excluding hydrogens is 420 g/mol. The van der Waals surface area contributed by atoms with Crippen LogP contribution in [-0.2, 0) is 6.54 Å². The van der Waals surface area contributed by atoms with E-state index in [1.54, 1.807) is 11.8 Å². The summed E-state index contributed by atoms with van der Waals surface area (Å²) in [5.74, 6) is 1.32. The smallest absolute Gasteiger partial charge is 0.0780 e. The summed E-state index contributed by atoms with van der Waals surface area (Å²) in [6.45, 7) is 6.58. The molecule has 0 saturated heterocycles. The monoisotopic (exact) mass is 452 g/mol. The van der Waals surface area contributed by atoms with Crippen LogP contribution in [0.5, 0.6) is 0 Å². The van der Waals surface area contributed by atoms with Crippen molar-refractivity contribution in [3.63, 3.8) is 0 Å². The van der Waals surface area contributed by atoms with Gasteiger partial charge in [0.05, 0.1) is 5.52 Å². The number of hydrogen-bond acceptors (Lipinski definition) is 3. The van der Waals surface area contributed by atoms with Gasteiger partial charge in [-0.3, -0.25) is 4.98 Å². The Morgan fingerprint density at radius 3 is 2.52 bits per heavy atom. The van der Waals surface area contributed by atoms with E-state index in [2.05, 4.69) is 91.7 Å². The molecule has 0 radical (unpaired) electrons. The van der Waals surface area contributed by atoms with Crippen LogP contribution in [0.3, 0.4) is 0 Å². The first kappa shape index (κ1) is 22.0. The molecule has 0 atom stereocenters. The fourth-order valence-corrected chi connectivity index (χ4v) is 4.90. The Morgan fingerprint density at radius 2 is 1.79 bits per heavy atom. The van der Waals surface area contributed by atoms with E-state index in [0.717, 1.165) is 24.5 Å². The first-order valence-corrected chi connectivity index (χ1v) is 13.2. The van der Waals surface area contributed by atoms with Gasteiger partial charge in [-0.15, -0.1) is 11.8 Å². The second-order valence-corrected chi connectivity index (χ2v) is 10.4. The molecule has 3 aromatic carbocycles. The molecule has 0 unspecified atom stereocenters. The van der Waals surface area contributed by atoms with Gasteiger partial charge >= 0.3 is 0 Å². The quantitative estimate of drug-likeness (QED) is 0.251. The number of hydrogen-bond donors (Lipinski definition) is 0. The van der Waals surface area contributed by atoms with Gasteiger partial charge in [0.15, 0.2) is 0 Å². The van der Waals surface area contributed by atoms with Gasteiger partial charge in [0.1, 0.15) is 0 Å². The normalized spacial score (nSPS) is 13.6. The van der Waals surface area contributed by atoms with Crippen molar-refractivity contribution >= 4 is 28.4 Å². The molecule has 1 aliphatic carbocycles. The number of nitrogens with zero attached hydrogens (tertiary/aromatic N) is 2. The molecule has 1 heterocycles. The third-order valence-electron chi connectivity index (χ3n) is 6.62. The summed E-state index contributed by atoms with van der Waals surface area (Å²) in [7, 11) is 0. The zero-order valence-electron chi connectivity index (χ0n) is 19.8. The van der Waals surface area contributed by atoms with E-state index in [9.17, 15) is 0 Å². The number of pyridine rings is 1. The minimum Gasteiger partial charge on any atom is -0.367 e. The van der Waals surface area contributed by atoms with Crippen LogP contribution in [0.25, 0.3) is 22.0 Å². The van der Waals surface area contributed by atoms with Gasteiger partial charge < -0.3 is 4.90 Å². The molecule has 0 aliphatic heterocycles. The van der Waals surface area contributed by atoms with E-state index in [1.165, 1.54) is 51.1 Å². The first-order chi connectivity index (χ1) is 16.1. The lowest BCUT2D eigenvalue weighted by Gasteiger charge is -2.25. The number of rotatable bonds is 8. The zero-order valence-corrected chi connectivity index (χ0v) is 20.6. The Hall–Kier alpha value is -2.78. The lowest BCUT2D eigenvalue weighted by atomic mass is 9.93. The number of fused-ring (bicyclic) bond motifs is 1. The Bertz CT molecular complexity index is 1240. The molecular formula is C30H32N2S. The molecule has 2 nitrogen and oxygen atoms in total. The fourth-order valence-electron chi connectivity index (χ4n) is 4.49. The largest absolute Gasteiger partial charge is 0.367 e. The zero-order chi connectivity index (χ0) is 22.8. The van der Waals surface area contributed by atoms with Crippen molar-refractivity contribution in [2.75, 3.05) is 17.7 Å². The highest BCUT2D eigenvalue weighted by atomic mass is 32.2. The van der Waals surface area contributed by atoms with Crippen molar-refractivity contribution in [2.24, 2.45) is 5.92 Å². The fraction of sp³-hybridized carbons (Fsp3) is 0.300. The molecule has 5 rings (SSSR count). The second-order valence-electron chi connectivity index (χ2n) is 9.52. The highest BCUT2D eigenvalue weighted by molar-refractivity contribution is 7.98. The van der Waals surface area contributed by atoms with Crippen LogP contribution in [0.15, 0.2) is 83.9 Å². The first-order valence-electron chi connectivity index (χ1n) is 12.0. The minimum atomic E-state index is 0.481. The minimum absolute atomic E-state index is 0.481. The molecule has 3 heteroatoms. The van der Waals surface area contributed by atoms with E-state index < -0.39 is 0 Å². The van der Waals surface area contributed by atoms with E-state index in [0.29, 0.717) is 5.92 Å². The lowest BCUT2D eigenvalue weighted by molar-refractivity contribution is 0.722. The molecule has 1 saturated carbocycles. The van der Waals surface area contributed by atoms with Crippen molar-refractivity contribution in [2.45, 2.75) is 44.0 Å². The molecule has 33 heavy (non-hydrogen) atoms. The van der Waals surface area contributed by atoms with Crippen LogP contribution < -0.4 is 4.90 Å². The van der Waals surface area contributed by atoms with Crippen molar-refractivity contribution < 1.29 is 0 Å². The van der Waals surface area contributed by atoms with Gasteiger partial charge in [0.2, 0.25) is 0 Å². The predicted molar refractivity (Wildman–Crippen MR) is 143 cm³/mol. The summed E-state index contributed by atoms with van der Waals surface area (Å²) >= 11 is 1.80. The third kappa shape index (κ3) is 5.09. The maximum absolute atomic E-state index is 4.75. The van der Waals surface area contributed by atoms with E-state index in [-0.39, 0.29) is 0 Å². The van der Waals surface area contributed by atoms with Crippen LogP contribution in [0.1, 0.15) is 43.7 Å². The van der Waals surface area contributed by atoms with Gasteiger partial charge in [-0.25, -0.2) is 0 Å². The molecule has 4 aromatic rings. The summed E-state index contributed by atoms with van der Waals surface area (Å²) in [5.41, 5.74) is 7.60. The van der Waals surface area contributed by atoms with Crippen molar-refractivity contribution in [3.8, 4) is 11.1 Å². The van der Waals surface area contributed by atoms with Crippen LogP contribution >= 0.6 is 11.8 Å². The summed E-state index contributed by atoms with van der Waals surface area (Å²) < 4.78 is 0. The summed E-state index contributed by atoms with van der Waals surface area (Å²) in [5, 5.41) is 1.22. The lowest BCUT2D eigenvalue weighted by Crippen LogP contribution is -2.25. The van der Waals surface area contributed by atoms with E-state index in [4.69, 9.17) is 4.98 Å². The maximum Gasteiger partial charge on any atom is 0.0780 e. The summed E-state index contributed by atoms with van der Waals surface area (Å²) in [6, 6.07) is 26.9. The third-order valence-corrected chi connectivity index (χ3v) is 7.36. The summed E-state index contributed by atoms with van der Waals surface area (Å²) in [6.07, 6.45) is 6.76. The highest BCUT2D eigenvalue weighted by Crippen LogP contribution is 2.34. The van der Waals surface area contributed by atoms with Crippen molar-refractivity contribution in [3.05, 3.63) is 90.1 Å². The van der Waals surface area contributed by atoms with Gasteiger partial charge in [-0.2, -0.15) is 0 Å². The average molecular weight is 453 g/mol. The summed E-state index contributed by atoms with van der Waals surface area (Å²) in [4.78, 5) is 8.62. The molecule has 168 valence electrons. The predicted octanol–water partition coefficient (Wildman–Crippen LogP) is 8.16. The number of aromatic nitrogens is 1. The SMILES string of the molecule is CSc1ccc(N(Cc2cccc(-c3cc(C(C)C)cc4cccnc34)c2)CC2CC2)cc1. The topological polar surface area (TPSA) is 16.1 Å². The standard InChI is InChI=1S/C30H32N2S/c1-21(2)26-17-25-8-5-15-31-30(25)29(18-26)24-7-4-6-23(16-24)20-32(19-22-9-10-22)27-11-13-28(33-3)14-12-27/h4-8,11-18,21-22H,9-10,19-20H2,1-3H3. The van der Waals surface area contributed by atoms with Gasteiger partial charge in [0.25, 0.3) is 0 Å². The van der Waals surface area contributed by atoms with Crippen LogP contribution in [0, 0.1) is 5.92 Å². The van der Waals surface area contributed by atoms with Gasteiger partial charge in [-0.1, -0.05) is 38.1 Å². The van der Waals surface area contributed by atoms with Gasteiger partial charge in [-0.05, 0) is 96.2 Å². The maximum atomic E-state index is 4.75. The average Bonchev–Trinajstić information content (AvgIpc) is 3.67. The van der Waals surface area contributed by atoms with E-state index in [1.807, 2.05) is 12.3 Å². The number of benzene rings is 3. The molecule has 1 aliphatic rings. The van der Waals surface area contributed by atoms with Crippen molar-refractivity contribution in [1.29, 1.82) is 0 Å². The highest BCUT2D eigenvalue weighted by Gasteiger charge is 2.24. The Labute approximate surface area is 202 Å². The Balaban J connectivity index is 1.49. The Kier molecular flexibility index (Phi) is 6.41. The Morgan fingerprint density at radius 1 is 0.970 bits per heavy atom. The molecule has 0 bridgehead atoms. The number of anilines is 1. The second kappa shape index (κ2) is 9.61. The van der Waals surface area contributed by atoms with Crippen LogP contribution in [-0.4, -0.2) is 17.8 Å². The van der Waals surface area contributed by atoms with E-state index >= 15 is 0 Å². The van der Waals surface area contributed by atoms with Gasteiger partial charge in [0, 0.05) is 40.8 Å². The molecule has 1 fully saturated rings. The molecule has 0 amide bonds. The molecule has 0 spiro atoms. The van der Waals surface area contributed by atoms with Crippen molar-refractivity contribution in [1.82, 2.24) is 4.98 Å². The molecule has 1 aromatic heterocycles.